The number of carbonyl (C=O) groups is 1. The van der Waals surface area contributed by atoms with E-state index in [1.165, 1.54) is 0 Å². The van der Waals surface area contributed by atoms with Gasteiger partial charge in [-0.05, 0) is 19.4 Å². The van der Waals surface area contributed by atoms with Gasteiger partial charge in [0.1, 0.15) is 0 Å². The number of ketones is 1. The minimum atomic E-state index is 0.251. The van der Waals surface area contributed by atoms with Crippen molar-refractivity contribution in [3.63, 3.8) is 0 Å². The summed E-state index contributed by atoms with van der Waals surface area (Å²) in [7, 11) is 0. The second-order valence-electron chi connectivity index (χ2n) is 4.08. The number of hydrogen-bond acceptors (Lipinski definition) is 2. The first-order valence-electron chi connectivity index (χ1n) is 5.03. The molecule has 0 saturated heterocycles. The molecule has 0 bridgehead atoms. The molecule has 2 heteroatoms. The average molecular weight is 189 g/mol. The number of benzene rings is 1. The van der Waals surface area contributed by atoms with Crippen molar-refractivity contribution in [3.05, 3.63) is 35.4 Å². The summed E-state index contributed by atoms with van der Waals surface area (Å²) in [6.07, 6.45) is 0. The molecule has 0 saturated carbocycles. The summed E-state index contributed by atoms with van der Waals surface area (Å²) in [6, 6.07) is 8.33. The predicted molar refractivity (Wildman–Crippen MR) is 56.3 cm³/mol. The molecule has 0 atom stereocenters. The Morgan fingerprint density at radius 2 is 1.93 bits per heavy atom. The lowest BCUT2D eigenvalue weighted by Crippen LogP contribution is -2.39. The summed E-state index contributed by atoms with van der Waals surface area (Å²) in [5.74, 6) is 0.251. The van der Waals surface area contributed by atoms with Gasteiger partial charge in [0.2, 0.25) is 0 Å². The lowest BCUT2D eigenvalue weighted by molar-refractivity contribution is 0.0868. The normalized spacial score (nSPS) is 17.2. The standard InChI is InChI=1S/C12H15NO/c1-9(2)13-7-10-5-3-4-6-11(10)12(14)8-13/h3-6,9H,7-8H2,1-2H3. The fourth-order valence-corrected chi connectivity index (χ4v) is 1.84. The van der Waals surface area contributed by atoms with Gasteiger partial charge in [-0.3, -0.25) is 9.69 Å². The van der Waals surface area contributed by atoms with E-state index in [0.29, 0.717) is 12.6 Å². The lowest BCUT2D eigenvalue weighted by Gasteiger charge is -2.30. The van der Waals surface area contributed by atoms with Crippen LogP contribution < -0.4 is 0 Å². The van der Waals surface area contributed by atoms with Crippen LogP contribution in [0.2, 0.25) is 0 Å². The number of Topliss-reactive ketones (excluding diaryl/α,β-unsaturated/α-hetero) is 1. The van der Waals surface area contributed by atoms with Crippen molar-refractivity contribution in [1.82, 2.24) is 4.90 Å². The highest BCUT2D eigenvalue weighted by Gasteiger charge is 2.23. The van der Waals surface area contributed by atoms with Gasteiger partial charge < -0.3 is 0 Å². The second-order valence-corrected chi connectivity index (χ2v) is 4.08. The average Bonchev–Trinajstić information content (AvgIpc) is 2.17. The second kappa shape index (κ2) is 3.54. The molecular formula is C12H15NO. The molecule has 1 heterocycles. The smallest absolute Gasteiger partial charge is 0.177 e. The Hall–Kier alpha value is -1.15. The van der Waals surface area contributed by atoms with Crippen molar-refractivity contribution in [3.8, 4) is 0 Å². The Bertz CT molecular complexity index is 357. The Morgan fingerprint density at radius 3 is 2.64 bits per heavy atom. The molecule has 1 aliphatic rings. The largest absolute Gasteiger partial charge is 0.293 e. The van der Waals surface area contributed by atoms with Gasteiger partial charge in [-0.15, -0.1) is 0 Å². The fourth-order valence-electron chi connectivity index (χ4n) is 1.84. The van der Waals surface area contributed by atoms with Crippen molar-refractivity contribution >= 4 is 5.78 Å². The van der Waals surface area contributed by atoms with Crippen LogP contribution in [0.15, 0.2) is 24.3 Å². The molecule has 74 valence electrons. The number of hydrogen-bond donors (Lipinski definition) is 0. The van der Waals surface area contributed by atoms with Gasteiger partial charge in [-0.25, -0.2) is 0 Å². The van der Waals surface area contributed by atoms with Crippen LogP contribution in [0.5, 0.6) is 0 Å². The molecule has 0 N–H and O–H groups in total. The van der Waals surface area contributed by atoms with Crippen LogP contribution in [0.3, 0.4) is 0 Å². The van der Waals surface area contributed by atoms with Gasteiger partial charge in [0.25, 0.3) is 0 Å². The Kier molecular flexibility index (Phi) is 2.38. The van der Waals surface area contributed by atoms with E-state index in [1.54, 1.807) is 0 Å². The first-order chi connectivity index (χ1) is 6.68. The zero-order valence-corrected chi connectivity index (χ0v) is 8.66. The van der Waals surface area contributed by atoms with E-state index in [4.69, 9.17) is 0 Å². The van der Waals surface area contributed by atoms with E-state index in [2.05, 4.69) is 18.7 Å². The molecule has 0 fully saturated rings. The molecule has 1 aliphatic heterocycles. The highest BCUT2D eigenvalue weighted by Crippen LogP contribution is 2.19. The fraction of sp³-hybridized carbons (Fsp3) is 0.417. The third kappa shape index (κ3) is 1.58. The van der Waals surface area contributed by atoms with E-state index in [-0.39, 0.29) is 5.78 Å². The summed E-state index contributed by atoms with van der Waals surface area (Å²) >= 11 is 0. The summed E-state index contributed by atoms with van der Waals surface area (Å²) in [4.78, 5) is 14.0. The number of fused-ring (bicyclic) bond motifs is 1. The molecule has 0 spiro atoms. The van der Waals surface area contributed by atoms with Gasteiger partial charge in [-0.2, -0.15) is 0 Å². The van der Waals surface area contributed by atoms with Gasteiger partial charge in [0.05, 0.1) is 6.54 Å². The van der Waals surface area contributed by atoms with Crippen LogP contribution in [0.4, 0.5) is 0 Å². The first-order valence-corrected chi connectivity index (χ1v) is 5.03. The summed E-state index contributed by atoms with van der Waals surface area (Å²) in [5.41, 5.74) is 2.07. The highest BCUT2D eigenvalue weighted by molar-refractivity contribution is 5.99. The number of carbonyl (C=O) groups excluding carboxylic acids is 1. The van der Waals surface area contributed by atoms with Crippen molar-refractivity contribution in [1.29, 1.82) is 0 Å². The molecule has 2 rings (SSSR count). The minimum Gasteiger partial charge on any atom is -0.293 e. The van der Waals surface area contributed by atoms with Crippen molar-refractivity contribution in [2.45, 2.75) is 26.4 Å². The van der Waals surface area contributed by atoms with E-state index >= 15 is 0 Å². The molecule has 0 aliphatic carbocycles. The maximum atomic E-state index is 11.8. The van der Waals surface area contributed by atoms with Gasteiger partial charge in [0, 0.05) is 18.2 Å². The van der Waals surface area contributed by atoms with Crippen LogP contribution in [-0.4, -0.2) is 23.3 Å². The van der Waals surface area contributed by atoms with E-state index in [9.17, 15) is 4.79 Å². The molecule has 1 aromatic carbocycles. The zero-order chi connectivity index (χ0) is 10.1. The van der Waals surface area contributed by atoms with Crippen LogP contribution in [0.25, 0.3) is 0 Å². The van der Waals surface area contributed by atoms with Gasteiger partial charge in [-0.1, -0.05) is 24.3 Å². The highest BCUT2D eigenvalue weighted by atomic mass is 16.1. The topological polar surface area (TPSA) is 20.3 Å². The molecule has 0 aromatic heterocycles. The summed E-state index contributed by atoms with van der Waals surface area (Å²) < 4.78 is 0. The molecular weight excluding hydrogens is 174 g/mol. The SMILES string of the molecule is CC(C)N1CC(=O)c2ccccc2C1. The predicted octanol–water partition coefficient (Wildman–Crippen LogP) is 2.09. The van der Waals surface area contributed by atoms with E-state index in [1.807, 2.05) is 24.3 Å². The molecule has 2 nitrogen and oxygen atoms in total. The zero-order valence-electron chi connectivity index (χ0n) is 8.66. The Labute approximate surface area is 84.5 Å². The summed E-state index contributed by atoms with van der Waals surface area (Å²) in [6.45, 7) is 5.72. The van der Waals surface area contributed by atoms with Gasteiger partial charge in [0.15, 0.2) is 5.78 Å². The third-order valence-electron chi connectivity index (χ3n) is 2.77. The maximum absolute atomic E-state index is 11.8. The summed E-state index contributed by atoms with van der Waals surface area (Å²) in [5, 5.41) is 0. The first kappa shape index (κ1) is 9.41. The molecule has 0 radical (unpaired) electrons. The van der Waals surface area contributed by atoms with Crippen LogP contribution >= 0.6 is 0 Å². The van der Waals surface area contributed by atoms with Crippen molar-refractivity contribution in [2.75, 3.05) is 6.54 Å². The molecule has 0 amide bonds. The van der Waals surface area contributed by atoms with Crippen molar-refractivity contribution in [2.24, 2.45) is 0 Å². The van der Waals surface area contributed by atoms with Crippen LogP contribution in [-0.2, 0) is 6.54 Å². The lowest BCUT2D eigenvalue weighted by atomic mass is 9.98. The Morgan fingerprint density at radius 1 is 1.21 bits per heavy atom. The molecule has 0 unspecified atom stereocenters. The van der Waals surface area contributed by atoms with Crippen LogP contribution in [0.1, 0.15) is 29.8 Å². The molecule has 1 aromatic rings. The minimum absolute atomic E-state index is 0.251. The maximum Gasteiger partial charge on any atom is 0.177 e. The molecule has 14 heavy (non-hydrogen) atoms. The Balaban J connectivity index is 2.33. The monoisotopic (exact) mass is 189 g/mol. The van der Waals surface area contributed by atoms with E-state index in [0.717, 1.165) is 17.7 Å². The third-order valence-corrected chi connectivity index (χ3v) is 2.77. The number of rotatable bonds is 1. The quantitative estimate of drug-likeness (QED) is 0.674. The van der Waals surface area contributed by atoms with Crippen molar-refractivity contribution < 1.29 is 4.79 Å². The van der Waals surface area contributed by atoms with Crippen LogP contribution in [0, 0.1) is 0 Å². The van der Waals surface area contributed by atoms with Gasteiger partial charge >= 0.3 is 0 Å². The number of nitrogens with zero attached hydrogens (tertiary/aromatic N) is 1. The van der Waals surface area contributed by atoms with E-state index < -0.39 is 0 Å².